The number of aliphatic carboxylic acids is 1. The number of carbonyl (C=O) groups is 2. The lowest BCUT2D eigenvalue weighted by Crippen LogP contribution is -2.42. The van der Waals surface area contributed by atoms with Crippen molar-refractivity contribution in [3.8, 4) is 0 Å². The van der Waals surface area contributed by atoms with Crippen LogP contribution in [-0.2, 0) is 4.79 Å². The Hall–Kier alpha value is -0.910. The Kier molecular flexibility index (Phi) is 8.80. The molecule has 16 heavy (non-hydrogen) atoms. The highest BCUT2D eigenvalue weighted by Crippen LogP contribution is 2.00. The van der Waals surface area contributed by atoms with Crippen molar-refractivity contribution in [2.45, 2.75) is 32.7 Å². The third kappa shape index (κ3) is 9.64. The van der Waals surface area contributed by atoms with Gasteiger partial charge in [0.05, 0.1) is 0 Å². The number of nitrogens with one attached hydrogen (secondary N) is 2. The molecule has 6 heteroatoms. The van der Waals surface area contributed by atoms with Crippen LogP contribution >= 0.6 is 11.8 Å². The lowest BCUT2D eigenvalue weighted by atomic mass is 10.3. The van der Waals surface area contributed by atoms with Crippen LogP contribution in [0.3, 0.4) is 0 Å². The fourth-order valence-electron chi connectivity index (χ4n) is 1.05. The largest absolute Gasteiger partial charge is 0.481 e. The van der Waals surface area contributed by atoms with Crippen LogP contribution in [0.2, 0.25) is 0 Å². The number of hydrogen-bond donors (Lipinski definition) is 3. The van der Waals surface area contributed by atoms with Crippen LogP contribution in [0.4, 0.5) is 4.79 Å². The van der Waals surface area contributed by atoms with E-state index in [0.29, 0.717) is 13.0 Å². The molecule has 3 N–H and O–H groups in total. The molecule has 0 saturated heterocycles. The maximum atomic E-state index is 11.3. The minimum absolute atomic E-state index is 0.0848. The number of amides is 2. The molecule has 0 rings (SSSR count). The molecule has 0 heterocycles. The lowest BCUT2D eigenvalue weighted by Gasteiger charge is -2.13. The van der Waals surface area contributed by atoms with Gasteiger partial charge in [-0.2, -0.15) is 11.8 Å². The molecule has 0 saturated carbocycles. The first-order valence-electron chi connectivity index (χ1n) is 5.40. The van der Waals surface area contributed by atoms with E-state index in [-0.39, 0.29) is 18.5 Å². The number of rotatable bonds is 8. The zero-order valence-electron chi connectivity index (χ0n) is 9.78. The highest BCUT2D eigenvalue weighted by atomic mass is 32.2. The summed E-state index contributed by atoms with van der Waals surface area (Å²) in [5.41, 5.74) is 0. The highest BCUT2D eigenvalue weighted by Gasteiger charge is 2.06. The second-order valence-electron chi connectivity index (χ2n) is 3.46. The second-order valence-corrected chi connectivity index (χ2v) is 4.78. The van der Waals surface area contributed by atoms with Gasteiger partial charge in [-0.15, -0.1) is 0 Å². The Labute approximate surface area is 100 Å². The Morgan fingerprint density at radius 3 is 2.69 bits per heavy atom. The van der Waals surface area contributed by atoms with Gasteiger partial charge in [0.2, 0.25) is 0 Å². The molecule has 0 aliphatic carbocycles. The summed E-state index contributed by atoms with van der Waals surface area (Å²) in [6.45, 7) is 4.41. The predicted octanol–water partition coefficient (Wildman–Crippen LogP) is 1.29. The monoisotopic (exact) mass is 248 g/mol. The molecule has 0 aliphatic heterocycles. The third-order valence-electron chi connectivity index (χ3n) is 1.80. The minimum Gasteiger partial charge on any atom is -0.481 e. The minimum atomic E-state index is -0.838. The molecule has 1 atom stereocenters. The summed E-state index contributed by atoms with van der Waals surface area (Å²) in [6.07, 6.45) is 0.544. The summed E-state index contributed by atoms with van der Waals surface area (Å²) >= 11 is 1.77. The van der Waals surface area contributed by atoms with Crippen LogP contribution in [0.5, 0.6) is 0 Å². The van der Waals surface area contributed by atoms with E-state index < -0.39 is 5.97 Å². The van der Waals surface area contributed by atoms with E-state index in [4.69, 9.17) is 5.11 Å². The van der Waals surface area contributed by atoms with Gasteiger partial charge in [0, 0.05) is 24.8 Å². The highest BCUT2D eigenvalue weighted by molar-refractivity contribution is 7.99. The predicted molar refractivity (Wildman–Crippen MR) is 65.9 cm³/mol. The Bertz CT molecular complexity index is 224. The average Bonchev–Trinajstić information content (AvgIpc) is 2.21. The van der Waals surface area contributed by atoms with Crippen molar-refractivity contribution in [1.82, 2.24) is 10.6 Å². The van der Waals surface area contributed by atoms with Crippen LogP contribution in [-0.4, -0.2) is 41.2 Å². The number of carboxylic acid groups (broad SMARTS) is 1. The van der Waals surface area contributed by atoms with Gasteiger partial charge in [-0.05, 0) is 19.1 Å². The third-order valence-corrected chi connectivity index (χ3v) is 2.95. The van der Waals surface area contributed by atoms with Gasteiger partial charge in [-0.3, -0.25) is 4.79 Å². The first-order chi connectivity index (χ1) is 7.56. The number of hydrogen-bond acceptors (Lipinski definition) is 3. The molecule has 0 bridgehead atoms. The zero-order valence-corrected chi connectivity index (χ0v) is 10.6. The Balaban J connectivity index is 3.46. The molecule has 5 nitrogen and oxygen atoms in total. The van der Waals surface area contributed by atoms with Gasteiger partial charge < -0.3 is 15.7 Å². The van der Waals surface area contributed by atoms with Gasteiger partial charge in [0.1, 0.15) is 0 Å². The number of thioether (sulfide) groups is 1. The molecule has 0 radical (unpaired) electrons. The van der Waals surface area contributed by atoms with E-state index in [9.17, 15) is 9.59 Å². The summed E-state index contributed by atoms with van der Waals surface area (Å²) in [5, 5.41) is 13.8. The van der Waals surface area contributed by atoms with E-state index in [2.05, 4.69) is 17.6 Å². The van der Waals surface area contributed by atoms with E-state index in [0.717, 1.165) is 11.5 Å². The van der Waals surface area contributed by atoms with Crippen molar-refractivity contribution in [3.05, 3.63) is 0 Å². The first kappa shape index (κ1) is 15.1. The van der Waals surface area contributed by atoms with Crippen molar-refractivity contribution in [3.63, 3.8) is 0 Å². The number of carbonyl (C=O) groups excluding carboxylic acids is 1. The lowest BCUT2D eigenvalue weighted by molar-refractivity contribution is -0.137. The van der Waals surface area contributed by atoms with E-state index in [1.807, 2.05) is 6.92 Å². The maximum absolute atomic E-state index is 11.3. The van der Waals surface area contributed by atoms with E-state index >= 15 is 0 Å². The molecular weight excluding hydrogens is 228 g/mol. The fraction of sp³-hybridized carbons (Fsp3) is 0.800. The van der Waals surface area contributed by atoms with Gasteiger partial charge in [0.15, 0.2) is 0 Å². The number of carboxylic acids is 1. The quantitative estimate of drug-likeness (QED) is 0.566. The van der Waals surface area contributed by atoms with Crippen molar-refractivity contribution in [2.75, 3.05) is 18.1 Å². The van der Waals surface area contributed by atoms with Crippen molar-refractivity contribution < 1.29 is 14.7 Å². The average molecular weight is 248 g/mol. The van der Waals surface area contributed by atoms with Gasteiger partial charge >= 0.3 is 12.0 Å². The molecule has 0 fully saturated rings. The molecule has 0 aromatic heterocycles. The topological polar surface area (TPSA) is 78.4 Å². The SMILES string of the molecule is CCSCC(C)NC(=O)NCCCC(=O)O. The van der Waals surface area contributed by atoms with E-state index in [1.54, 1.807) is 11.8 Å². The standard InChI is InChI=1S/C10H20N2O3S/c1-3-16-7-8(2)12-10(15)11-6-4-5-9(13)14/h8H,3-7H2,1-2H3,(H,13,14)(H2,11,12,15). The van der Waals surface area contributed by atoms with Crippen molar-refractivity contribution >= 4 is 23.8 Å². The van der Waals surface area contributed by atoms with Gasteiger partial charge in [0.25, 0.3) is 0 Å². The van der Waals surface area contributed by atoms with E-state index in [1.165, 1.54) is 0 Å². The van der Waals surface area contributed by atoms with Crippen LogP contribution in [0.1, 0.15) is 26.7 Å². The Morgan fingerprint density at radius 1 is 1.44 bits per heavy atom. The summed E-state index contributed by atoms with van der Waals surface area (Å²) in [6, 6.07) is -0.0981. The first-order valence-corrected chi connectivity index (χ1v) is 6.55. The van der Waals surface area contributed by atoms with Crippen LogP contribution in [0.25, 0.3) is 0 Å². The fourth-order valence-corrected chi connectivity index (χ4v) is 1.73. The maximum Gasteiger partial charge on any atom is 0.315 e. The molecule has 0 aliphatic rings. The molecule has 0 aromatic rings. The molecule has 0 spiro atoms. The summed E-state index contributed by atoms with van der Waals surface area (Å²) in [5.74, 6) is 1.08. The van der Waals surface area contributed by atoms with Gasteiger partial charge in [-0.1, -0.05) is 6.92 Å². The second kappa shape index (κ2) is 9.33. The molecule has 1 unspecified atom stereocenters. The molecule has 0 aromatic carbocycles. The Morgan fingerprint density at radius 2 is 2.12 bits per heavy atom. The van der Waals surface area contributed by atoms with Gasteiger partial charge in [-0.25, -0.2) is 4.79 Å². The molecule has 2 amide bonds. The normalized spacial score (nSPS) is 11.9. The van der Waals surface area contributed by atoms with Crippen molar-refractivity contribution in [1.29, 1.82) is 0 Å². The van der Waals surface area contributed by atoms with Crippen LogP contribution in [0, 0.1) is 0 Å². The summed E-state index contributed by atoms with van der Waals surface area (Å²) < 4.78 is 0. The summed E-state index contributed by atoms with van der Waals surface area (Å²) in [7, 11) is 0. The number of urea groups is 1. The van der Waals surface area contributed by atoms with Crippen LogP contribution < -0.4 is 10.6 Å². The van der Waals surface area contributed by atoms with Crippen molar-refractivity contribution in [2.24, 2.45) is 0 Å². The zero-order chi connectivity index (χ0) is 12.4. The molecule has 94 valence electrons. The van der Waals surface area contributed by atoms with Crippen LogP contribution in [0.15, 0.2) is 0 Å². The molecular formula is C10H20N2O3S. The summed E-state index contributed by atoms with van der Waals surface area (Å²) in [4.78, 5) is 21.5. The smallest absolute Gasteiger partial charge is 0.315 e.